The van der Waals surface area contributed by atoms with E-state index >= 15 is 0 Å². The molecule has 0 unspecified atom stereocenters. The summed E-state index contributed by atoms with van der Waals surface area (Å²) in [5.74, 6) is 0. The van der Waals surface area contributed by atoms with Crippen LogP contribution in [0.15, 0.2) is 0 Å². The van der Waals surface area contributed by atoms with Gasteiger partial charge in [-0.1, -0.05) is 27.7 Å². The van der Waals surface area contributed by atoms with E-state index in [1.165, 1.54) is 0 Å². The molecule has 0 rings (SSSR count). The maximum Gasteiger partial charge on any atom is 0.314 e. The molecule has 0 saturated carbocycles. The lowest BCUT2D eigenvalue weighted by Crippen LogP contribution is -2.32. The van der Waals surface area contributed by atoms with Crippen molar-refractivity contribution in [3.63, 3.8) is 0 Å². The molecule has 0 spiro atoms. The van der Waals surface area contributed by atoms with Gasteiger partial charge in [0.1, 0.15) is 0 Å². The van der Waals surface area contributed by atoms with E-state index in [-0.39, 0.29) is 6.03 Å². The van der Waals surface area contributed by atoms with Crippen molar-refractivity contribution in [3.05, 3.63) is 0 Å². The summed E-state index contributed by atoms with van der Waals surface area (Å²) in [4.78, 5) is 10.2. The SMILES string of the molecule is CC.CC.CCNC(=O)NC. The van der Waals surface area contributed by atoms with E-state index in [0.717, 1.165) is 0 Å². The van der Waals surface area contributed by atoms with Gasteiger partial charge in [-0.25, -0.2) is 4.79 Å². The second-order valence-corrected chi connectivity index (χ2v) is 1.11. The minimum absolute atomic E-state index is 0.123. The summed E-state index contributed by atoms with van der Waals surface area (Å²) in [7, 11) is 1.59. The molecule has 11 heavy (non-hydrogen) atoms. The zero-order chi connectivity index (χ0) is 9.70. The first-order valence-corrected chi connectivity index (χ1v) is 4.26. The van der Waals surface area contributed by atoms with Gasteiger partial charge in [0.2, 0.25) is 0 Å². The number of hydrogen-bond acceptors (Lipinski definition) is 1. The zero-order valence-electron chi connectivity index (χ0n) is 8.62. The van der Waals surface area contributed by atoms with Gasteiger partial charge >= 0.3 is 6.03 Å². The van der Waals surface area contributed by atoms with Crippen molar-refractivity contribution in [1.82, 2.24) is 10.6 Å². The Kier molecular flexibility index (Phi) is 34.7. The molecule has 0 aromatic rings. The van der Waals surface area contributed by atoms with Crippen molar-refractivity contribution in [2.45, 2.75) is 34.6 Å². The van der Waals surface area contributed by atoms with Crippen molar-refractivity contribution < 1.29 is 4.79 Å². The van der Waals surface area contributed by atoms with Crippen LogP contribution < -0.4 is 10.6 Å². The van der Waals surface area contributed by atoms with Crippen LogP contribution in [0.4, 0.5) is 4.79 Å². The van der Waals surface area contributed by atoms with Crippen molar-refractivity contribution in [2.75, 3.05) is 13.6 Å². The number of carbonyl (C=O) groups is 1. The predicted octanol–water partition coefficient (Wildman–Crippen LogP) is 1.99. The van der Waals surface area contributed by atoms with Crippen LogP contribution in [0.2, 0.25) is 0 Å². The summed E-state index contributed by atoms with van der Waals surface area (Å²) >= 11 is 0. The molecule has 0 aromatic carbocycles. The smallest absolute Gasteiger partial charge is 0.314 e. The minimum Gasteiger partial charge on any atom is -0.341 e. The summed E-state index contributed by atoms with van der Waals surface area (Å²) in [6, 6.07) is -0.123. The van der Waals surface area contributed by atoms with Crippen LogP contribution in [0, 0.1) is 0 Å². The highest BCUT2D eigenvalue weighted by molar-refractivity contribution is 5.73. The van der Waals surface area contributed by atoms with Crippen LogP contribution in [-0.4, -0.2) is 19.6 Å². The number of nitrogens with one attached hydrogen (secondary N) is 2. The van der Waals surface area contributed by atoms with Crippen molar-refractivity contribution >= 4 is 6.03 Å². The van der Waals surface area contributed by atoms with Crippen molar-refractivity contribution in [2.24, 2.45) is 0 Å². The van der Waals surface area contributed by atoms with Gasteiger partial charge in [0, 0.05) is 13.6 Å². The maximum absolute atomic E-state index is 10.2. The first-order valence-electron chi connectivity index (χ1n) is 4.26. The van der Waals surface area contributed by atoms with Crippen LogP contribution in [0.5, 0.6) is 0 Å². The van der Waals surface area contributed by atoms with E-state index < -0.39 is 0 Å². The van der Waals surface area contributed by atoms with Gasteiger partial charge in [-0.2, -0.15) is 0 Å². The first-order chi connectivity index (χ1) is 5.31. The summed E-state index contributed by atoms with van der Waals surface area (Å²) in [5.41, 5.74) is 0. The summed E-state index contributed by atoms with van der Waals surface area (Å²) in [6.07, 6.45) is 0. The van der Waals surface area contributed by atoms with E-state index in [9.17, 15) is 4.79 Å². The van der Waals surface area contributed by atoms with Gasteiger partial charge in [0.15, 0.2) is 0 Å². The van der Waals surface area contributed by atoms with E-state index in [2.05, 4.69) is 10.6 Å². The molecule has 2 amide bonds. The third kappa shape index (κ3) is 26.9. The van der Waals surface area contributed by atoms with Gasteiger partial charge in [-0.05, 0) is 6.92 Å². The average Bonchev–Trinajstić information content (AvgIpc) is 2.12. The van der Waals surface area contributed by atoms with E-state index in [1.54, 1.807) is 7.05 Å². The standard InChI is InChI=1S/C4H10N2O.2C2H6/c1-3-6-4(7)5-2;2*1-2/h3H2,1-2H3,(H2,5,6,7);2*1-2H3. The van der Waals surface area contributed by atoms with Gasteiger partial charge in [0.25, 0.3) is 0 Å². The minimum atomic E-state index is -0.123. The Morgan fingerprint density at radius 2 is 1.55 bits per heavy atom. The molecule has 0 heterocycles. The Morgan fingerprint density at radius 3 is 1.64 bits per heavy atom. The fourth-order valence-corrected chi connectivity index (χ4v) is 0.249. The highest BCUT2D eigenvalue weighted by Gasteiger charge is 1.86. The molecule has 3 heteroatoms. The molecule has 0 aromatic heterocycles. The van der Waals surface area contributed by atoms with Gasteiger partial charge in [-0.15, -0.1) is 0 Å². The third-order valence-electron chi connectivity index (χ3n) is 0.564. The maximum atomic E-state index is 10.2. The summed E-state index contributed by atoms with van der Waals surface area (Å²) < 4.78 is 0. The molecule has 0 aliphatic carbocycles. The molecule has 0 atom stereocenters. The molecule has 0 aliphatic heterocycles. The summed E-state index contributed by atoms with van der Waals surface area (Å²) in [6.45, 7) is 10.6. The van der Waals surface area contributed by atoms with Crippen LogP contribution in [0.1, 0.15) is 34.6 Å². The molecule has 0 saturated heterocycles. The molecule has 0 radical (unpaired) electrons. The lowest BCUT2D eigenvalue weighted by atomic mass is 10.7. The number of amides is 2. The Balaban J connectivity index is -0.000000138. The number of rotatable bonds is 1. The molecule has 0 fully saturated rings. The monoisotopic (exact) mass is 162 g/mol. The third-order valence-corrected chi connectivity index (χ3v) is 0.564. The van der Waals surface area contributed by atoms with E-state index in [4.69, 9.17) is 0 Å². The van der Waals surface area contributed by atoms with Gasteiger partial charge < -0.3 is 10.6 Å². The quantitative estimate of drug-likeness (QED) is 0.608. The molecule has 70 valence electrons. The zero-order valence-corrected chi connectivity index (χ0v) is 8.62. The molecular formula is C8H22N2O. The second kappa shape index (κ2) is 22.8. The molecule has 0 bridgehead atoms. The number of urea groups is 1. The fourth-order valence-electron chi connectivity index (χ4n) is 0.249. The highest BCUT2D eigenvalue weighted by Crippen LogP contribution is 1.55. The van der Waals surface area contributed by atoms with Crippen molar-refractivity contribution in [3.8, 4) is 0 Å². The number of hydrogen-bond donors (Lipinski definition) is 2. The molecular weight excluding hydrogens is 140 g/mol. The van der Waals surface area contributed by atoms with E-state index in [1.807, 2.05) is 34.6 Å². The lowest BCUT2D eigenvalue weighted by Gasteiger charge is -1.96. The molecule has 0 aliphatic rings. The Hall–Kier alpha value is -0.730. The molecule has 2 N–H and O–H groups in total. The first kappa shape index (κ1) is 16.7. The topological polar surface area (TPSA) is 41.1 Å². The van der Waals surface area contributed by atoms with Crippen LogP contribution in [0.3, 0.4) is 0 Å². The largest absolute Gasteiger partial charge is 0.341 e. The molecule has 3 nitrogen and oxygen atoms in total. The Bertz CT molecular complexity index is 65.1. The Morgan fingerprint density at radius 1 is 1.18 bits per heavy atom. The highest BCUT2D eigenvalue weighted by atomic mass is 16.2. The van der Waals surface area contributed by atoms with Crippen LogP contribution in [0.25, 0.3) is 0 Å². The predicted molar refractivity (Wildman–Crippen MR) is 50.8 cm³/mol. The lowest BCUT2D eigenvalue weighted by molar-refractivity contribution is 0.243. The Labute approximate surface area is 70.6 Å². The van der Waals surface area contributed by atoms with Gasteiger partial charge in [-0.3, -0.25) is 0 Å². The van der Waals surface area contributed by atoms with Crippen LogP contribution in [-0.2, 0) is 0 Å². The normalized spacial score (nSPS) is 6.00. The average molecular weight is 162 g/mol. The van der Waals surface area contributed by atoms with E-state index in [0.29, 0.717) is 6.54 Å². The van der Waals surface area contributed by atoms with Crippen LogP contribution >= 0.6 is 0 Å². The van der Waals surface area contributed by atoms with Gasteiger partial charge in [0.05, 0.1) is 0 Å². The summed E-state index contributed by atoms with van der Waals surface area (Å²) in [5, 5.41) is 4.96. The van der Waals surface area contributed by atoms with Crippen molar-refractivity contribution in [1.29, 1.82) is 0 Å². The second-order valence-electron chi connectivity index (χ2n) is 1.11. The number of carbonyl (C=O) groups excluding carboxylic acids is 1. The fraction of sp³-hybridized carbons (Fsp3) is 0.875.